The lowest BCUT2D eigenvalue weighted by Crippen LogP contribution is -2.34. The lowest BCUT2D eigenvalue weighted by atomic mass is 10.1. The Kier molecular flexibility index (Phi) is 7.44. The summed E-state index contributed by atoms with van der Waals surface area (Å²) in [4.78, 5) is 16.3. The number of nitrogens with one attached hydrogen (secondary N) is 3. The Morgan fingerprint density at radius 3 is 2.74 bits per heavy atom. The van der Waals surface area contributed by atoms with E-state index >= 15 is 0 Å². The molecule has 0 bridgehead atoms. The smallest absolute Gasteiger partial charge is 0.258 e. The van der Waals surface area contributed by atoms with Crippen LogP contribution in [0.2, 0.25) is 0 Å². The van der Waals surface area contributed by atoms with Crippen molar-refractivity contribution >= 4 is 22.5 Å². The molecule has 4 rings (SSSR count). The molecule has 8 heteroatoms. The Morgan fingerprint density at radius 2 is 2.06 bits per heavy atom. The van der Waals surface area contributed by atoms with Crippen LogP contribution in [0, 0.1) is 19.7 Å². The maximum absolute atomic E-state index is 14.7. The lowest BCUT2D eigenvalue weighted by molar-refractivity contribution is 0.0678. The lowest BCUT2D eigenvalue weighted by Gasteiger charge is -2.17. The minimum absolute atomic E-state index is 0.0355. The summed E-state index contributed by atoms with van der Waals surface area (Å²) in [6.07, 6.45) is 1.98. The standard InChI is InChI=1S/C27H34FN3O4/c1-16-20-9-10-23(17(2)25(20)30-24(16)13-29-15-27(3,4)33)31-26(32)21-8-7-18(12-22(21)28)35-14-19-6-5-11-34-19/h7-10,12,19,29-30,33H,5-6,11,13-15H2,1-4H3,(H,31,32)/t19-/m0/s1. The zero-order chi connectivity index (χ0) is 25.2. The van der Waals surface area contributed by atoms with E-state index in [4.69, 9.17) is 9.47 Å². The van der Waals surface area contributed by atoms with E-state index in [1.165, 1.54) is 12.1 Å². The van der Waals surface area contributed by atoms with Crippen molar-refractivity contribution in [2.45, 2.75) is 58.8 Å². The number of carbonyl (C=O) groups excluding carboxylic acids is 1. The Morgan fingerprint density at radius 1 is 1.26 bits per heavy atom. The topological polar surface area (TPSA) is 95.6 Å². The molecular weight excluding hydrogens is 449 g/mol. The molecule has 0 radical (unpaired) electrons. The van der Waals surface area contributed by atoms with E-state index in [0.29, 0.717) is 31.1 Å². The minimum Gasteiger partial charge on any atom is -0.491 e. The van der Waals surface area contributed by atoms with E-state index in [1.54, 1.807) is 19.9 Å². The van der Waals surface area contributed by atoms with Crippen molar-refractivity contribution in [1.82, 2.24) is 10.3 Å². The molecule has 0 aliphatic carbocycles. The Labute approximate surface area is 205 Å². The number of anilines is 1. The number of aryl methyl sites for hydroxylation is 2. The van der Waals surface area contributed by atoms with Crippen molar-refractivity contribution in [3.05, 3.63) is 58.5 Å². The molecule has 0 saturated carbocycles. The Bertz CT molecular complexity index is 1210. The number of aromatic nitrogens is 1. The van der Waals surface area contributed by atoms with Crippen molar-refractivity contribution in [3.8, 4) is 5.75 Å². The maximum atomic E-state index is 14.7. The fourth-order valence-electron chi connectivity index (χ4n) is 4.32. The average Bonchev–Trinajstić information content (AvgIpc) is 3.42. The summed E-state index contributed by atoms with van der Waals surface area (Å²) >= 11 is 0. The molecule has 0 spiro atoms. The van der Waals surface area contributed by atoms with Gasteiger partial charge in [0.05, 0.1) is 22.8 Å². The van der Waals surface area contributed by atoms with E-state index in [2.05, 4.69) is 15.6 Å². The average molecular weight is 484 g/mol. The highest BCUT2D eigenvalue weighted by Gasteiger charge is 2.19. The molecule has 1 fully saturated rings. The molecule has 1 amide bonds. The summed E-state index contributed by atoms with van der Waals surface area (Å²) in [5, 5.41) is 17.1. The van der Waals surface area contributed by atoms with Crippen molar-refractivity contribution in [1.29, 1.82) is 0 Å². The molecule has 2 aromatic carbocycles. The van der Waals surface area contributed by atoms with E-state index in [0.717, 1.165) is 47.2 Å². The monoisotopic (exact) mass is 483 g/mol. The summed E-state index contributed by atoms with van der Waals surface area (Å²) in [5.41, 5.74) is 3.67. The molecule has 188 valence electrons. The quantitative estimate of drug-likeness (QED) is 0.357. The van der Waals surface area contributed by atoms with Gasteiger partial charge in [0.1, 0.15) is 18.2 Å². The third kappa shape index (κ3) is 6.01. The first-order valence-corrected chi connectivity index (χ1v) is 12.0. The van der Waals surface area contributed by atoms with Crippen LogP contribution in [0.15, 0.2) is 30.3 Å². The van der Waals surface area contributed by atoms with Gasteiger partial charge in [0.15, 0.2) is 0 Å². The molecule has 1 aliphatic heterocycles. The number of hydrogen-bond acceptors (Lipinski definition) is 5. The van der Waals surface area contributed by atoms with Crippen molar-refractivity contribution in [2.24, 2.45) is 0 Å². The fourth-order valence-corrected chi connectivity index (χ4v) is 4.32. The Balaban J connectivity index is 1.45. The summed E-state index contributed by atoms with van der Waals surface area (Å²) in [7, 11) is 0. The largest absolute Gasteiger partial charge is 0.491 e. The van der Waals surface area contributed by atoms with Gasteiger partial charge in [-0.05, 0) is 69.9 Å². The first kappa shape index (κ1) is 25.2. The third-order valence-electron chi connectivity index (χ3n) is 6.35. The first-order chi connectivity index (χ1) is 16.6. The van der Waals surface area contributed by atoms with Gasteiger partial charge in [-0.15, -0.1) is 0 Å². The van der Waals surface area contributed by atoms with Crippen LogP contribution in [0.3, 0.4) is 0 Å². The van der Waals surface area contributed by atoms with Gasteiger partial charge < -0.3 is 30.2 Å². The number of carbonyl (C=O) groups is 1. The molecule has 4 N–H and O–H groups in total. The Hall–Kier alpha value is -2.94. The number of rotatable bonds is 9. The predicted octanol–water partition coefficient (Wildman–Crippen LogP) is 4.59. The van der Waals surface area contributed by atoms with Crippen LogP contribution in [0.4, 0.5) is 10.1 Å². The molecule has 1 aliphatic rings. The van der Waals surface area contributed by atoms with Gasteiger partial charge in [0.2, 0.25) is 0 Å². The zero-order valence-corrected chi connectivity index (χ0v) is 20.8. The number of halogens is 1. The first-order valence-electron chi connectivity index (χ1n) is 12.0. The van der Waals surface area contributed by atoms with Gasteiger partial charge in [0, 0.05) is 42.5 Å². The number of aromatic amines is 1. The van der Waals surface area contributed by atoms with Crippen LogP contribution in [-0.4, -0.2) is 47.5 Å². The summed E-state index contributed by atoms with van der Waals surface area (Å²) < 4.78 is 25.9. The van der Waals surface area contributed by atoms with Gasteiger partial charge >= 0.3 is 0 Å². The summed E-state index contributed by atoms with van der Waals surface area (Å²) in [5.74, 6) is -0.785. The highest BCUT2D eigenvalue weighted by molar-refractivity contribution is 6.06. The van der Waals surface area contributed by atoms with Gasteiger partial charge in [-0.2, -0.15) is 0 Å². The number of aliphatic hydroxyl groups is 1. The molecule has 7 nitrogen and oxygen atoms in total. The van der Waals surface area contributed by atoms with Crippen molar-refractivity contribution < 1.29 is 23.8 Å². The predicted molar refractivity (Wildman–Crippen MR) is 135 cm³/mol. The molecule has 1 atom stereocenters. The number of fused-ring (bicyclic) bond motifs is 1. The second-order valence-corrected chi connectivity index (χ2v) is 9.85. The molecule has 1 saturated heterocycles. The fraction of sp³-hybridized carbons (Fsp3) is 0.444. The number of benzene rings is 2. The van der Waals surface area contributed by atoms with Crippen LogP contribution < -0.4 is 15.4 Å². The van der Waals surface area contributed by atoms with E-state index in [-0.39, 0.29) is 11.7 Å². The second-order valence-electron chi connectivity index (χ2n) is 9.85. The van der Waals surface area contributed by atoms with Crippen LogP contribution in [0.1, 0.15) is 53.9 Å². The van der Waals surface area contributed by atoms with Crippen molar-refractivity contribution in [3.63, 3.8) is 0 Å². The number of H-pyrrole nitrogens is 1. The SMILES string of the molecule is Cc1c(CNCC(C)(C)O)[nH]c2c(C)c(NC(=O)c3ccc(OC[C@@H]4CCCO4)cc3F)ccc12. The molecule has 3 aromatic rings. The number of amides is 1. The van der Waals surface area contributed by atoms with Crippen molar-refractivity contribution in [2.75, 3.05) is 25.1 Å². The van der Waals surface area contributed by atoms with Gasteiger partial charge in [0.25, 0.3) is 5.91 Å². The molecule has 35 heavy (non-hydrogen) atoms. The van der Waals surface area contributed by atoms with Gasteiger partial charge in [-0.3, -0.25) is 4.79 Å². The van der Waals surface area contributed by atoms with E-state index in [9.17, 15) is 14.3 Å². The number of ether oxygens (including phenoxy) is 2. The maximum Gasteiger partial charge on any atom is 0.258 e. The summed E-state index contributed by atoms with van der Waals surface area (Å²) in [6, 6.07) is 8.06. The van der Waals surface area contributed by atoms with Gasteiger partial charge in [-0.1, -0.05) is 6.07 Å². The van der Waals surface area contributed by atoms with E-state index in [1.807, 2.05) is 26.0 Å². The molecular formula is C27H34FN3O4. The minimum atomic E-state index is -0.794. The highest BCUT2D eigenvalue weighted by atomic mass is 19.1. The second kappa shape index (κ2) is 10.4. The zero-order valence-electron chi connectivity index (χ0n) is 20.8. The molecule has 1 aromatic heterocycles. The summed E-state index contributed by atoms with van der Waals surface area (Å²) in [6.45, 7) is 9.61. The van der Waals surface area contributed by atoms with Crippen LogP contribution in [-0.2, 0) is 11.3 Å². The number of hydrogen-bond donors (Lipinski definition) is 4. The van der Waals surface area contributed by atoms with Crippen LogP contribution in [0.5, 0.6) is 5.75 Å². The molecule has 0 unspecified atom stereocenters. The van der Waals surface area contributed by atoms with Gasteiger partial charge in [-0.25, -0.2) is 4.39 Å². The normalized spacial score (nSPS) is 16.1. The van der Waals surface area contributed by atoms with Crippen LogP contribution in [0.25, 0.3) is 10.9 Å². The van der Waals surface area contributed by atoms with Crippen LogP contribution >= 0.6 is 0 Å². The third-order valence-corrected chi connectivity index (χ3v) is 6.35. The highest BCUT2D eigenvalue weighted by Crippen LogP contribution is 2.30. The van der Waals surface area contributed by atoms with E-state index < -0.39 is 17.3 Å². The molecule has 2 heterocycles.